The van der Waals surface area contributed by atoms with Crippen LogP contribution in [0.3, 0.4) is 0 Å². The molecule has 1 fully saturated rings. The first kappa shape index (κ1) is 16.3. The van der Waals surface area contributed by atoms with Crippen LogP contribution in [0, 0.1) is 5.92 Å². The maximum atomic E-state index is 6.18. The van der Waals surface area contributed by atoms with E-state index in [1.54, 1.807) is 0 Å². The van der Waals surface area contributed by atoms with E-state index < -0.39 is 0 Å². The van der Waals surface area contributed by atoms with Gasteiger partial charge in [-0.25, -0.2) is 0 Å². The Morgan fingerprint density at radius 2 is 1.44 bits per heavy atom. The van der Waals surface area contributed by atoms with Crippen molar-refractivity contribution in [2.24, 2.45) is 5.92 Å². The molecule has 1 aliphatic rings. The van der Waals surface area contributed by atoms with Gasteiger partial charge < -0.3 is 9.31 Å². The van der Waals surface area contributed by atoms with Gasteiger partial charge in [0, 0.05) is 5.88 Å². The third-order valence-electron chi connectivity index (χ3n) is 4.72. The van der Waals surface area contributed by atoms with E-state index in [1.807, 2.05) is 0 Å². The molecule has 1 aliphatic heterocycles. The Hall–Kier alpha value is 0.275. The highest BCUT2D eigenvalue weighted by Gasteiger charge is 2.54. The molecule has 1 rings (SSSR count). The summed E-state index contributed by atoms with van der Waals surface area (Å²) in [7, 11) is -0.112. The van der Waals surface area contributed by atoms with Crippen molar-refractivity contribution in [3.63, 3.8) is 0 Å². The summed E-state index contributed by atoms with van der Waals surface area (Å²) in [6.45, 7) is 12.9. The van der Waals surface area contributed by atoms with Crippen molar-refractivity contribution in [3.8, 4) is 0 Å². The van der Waals surface area contributed by atoms with Crippen LogP contribution in [0.5, 0.6) is 0 Å². The fourth-order valence-electron chi connectivity index (χ4n) is 2.68. The van der Waals surface area contributed by atoms with Crippen molar-refractivity contribution in [2.45, 2.75) is 77.8 Å². The van der Waals surface area contributed by atoms with Crippen molar-refractivity contribution in [2.75, 3.05) is 5.88 Å². The van der Waals surface area contributed by atoms with Crippen LogP contribution in [0.4, 0.5) is 0 Å². The van der Waals surface area contributed by atoms with E-state index in [0.29, 0.717) is 17.6 Å². The Bertz CT molecular complexity index is 249. The minimum Gasteiger partial charge on any atom is -0.403 e. The first-order chi connectivity index (χ1) is 8.29. The van der Waals surface area contributed by atoms with Crippen molar-refractivity contribution < 1.29 is 9.31 Å². The fourth-order valence-corrected chi connectivity index (χ4v) is 2.93. The lowest BCUT2D eigenvalue weighted by Crippen LogP contribution is -2.41. The molecule has 0 aromatic heterocycles. The minimum absolute atomic E-state index is 0.112. The lowest BCUT2D eigenvalue weighted by molar-refractivity contribution is 0.00578. The van der Waals surface area contributed by atoms with Crippen LogP contribution in [0.15, 0.2) is 0 Å². The van der Waals surface area contributed by atoms with Crippen LogP contribution in [-0.2, 0) is 9.31 Å². The van der Waals surface area contributed by atoms with E-state index in [0.717, 1.165) is 19.3 Å². The zero-order valence-corrected chi connectivity index (χ0v) is 13.5. The average molecular weight is 275 g/mol. The second kappa shape index (κ2) is 6.15. The summed E-state index contributed by atoms with van der Waals surface area (Å²) in [6, 6.07) is 0. The normalized spacial score (nSPS) is 23.7. The van der Waals surface area contributed by atoms with Crippen LogP contribution in [0.2, 0.25) is 5.82 Å². The van der Waals surface area contributed by atoms with Crippen LogP contribution in [-0.4, -0.2) is 24.2 Å². The van der Waals surface area contributed by atoms with Gasteiger partial charge in [-0.3, -0.25) is 0 Å². The summed E-state index contributed by atoms with van der Waals surface area (Å²) >= 11 is 5.96. The summed E-state index contributed by atoms with van der Waals surface area (Å²) in [6.07, 6.45) is 3.27. The molecule has 2 nitrogen and oxygen atoms in total. The van der Waals surface area contributed by atoms with E-state index in [1.165, 1.54) is 0 Å². The van der Waals surface area contributed by atoms with E-state index in [4.69, 9.17) is 20.9 Å². The average Bonchev–Trinajstić information content (AvgIpc) is 2.48. The zero-order valence-electron chi connectivity index (χ0n) is 12.8. The molecule has 0 amide bonds. The highest BCUT2D eigenvalue weighted by atomic mass is 35.5. The molecule has 0 N–H and O–H groups in total. The molecule has 1 unspecified atom stereocenters. The van der Waals surface area contributed by atoms with E-state index in [2.05, 4.69) is 41.5 Å². The van der Waals surface area contributed by atoms with Gasteiger partial charge in [0.1, 0.15) is 0 Å². The quantitative estimate of drug-likeness (QED) is 0.524. The van der Waals surface area contributed by atoms with Gasteiger partial charge in [0.25, 0.3) is 0 Å². The third kappa shape index (κ3) is 3.23. The molecule has 18 heavy (non-hydrogen) atoms. The fraction of sp³-hybridized carbons (Fsp3) is 1.00. The van der Waals surface area contributed by atoms with E-state index >= 15 is 0 Å². The van der Waals surface area contributed by atoms with Gasteiger partial charge in [-0.15, -0.1) is 11.6 Å². The molecule has 0 saturated carbocycles. The second-order valence-electron chi connectivity index (χ2n) is 6.34. The predicted molar refractivity (Wildman–Crippen MR) is 79.2 cm³/mol. The Morgan fingerprint density at radius 3 is 1.78 bits per heavy atom. The molecule has 1 saturated heterocycles. The van der Waals surface area contributed by atoms with Crippen molar-refractivity contribution in [1.82, 2.24) is 0 Å². The summed E-state index contributed by atoms with van der Waals surface area (Å²) in [5.74, 6) is 1.70. The number of halogens is 1. The van der Waals surface area contributed by atoms with Crippen molar-refractivity contribution >= 4 is 18.7 Å². The molecular weight excluding hydrogens is 246 g/mol. The predicted octanol–water partition coefficient (Wildman–Crippen LogP) is 4.51. The minimum atomic E-state index is -0.242. The highest BCUT2D eigenvalue weighted by molar-refractivity contribution is 6.47. The van der Waals surface area contributed by atoms with E-state index in [9.17, 15) is 0 Å². The SMILES string of the molecule is CCC(CC)C(CCCl)B1OC(C)(C)C(C)(C)O1. The molecular formula is C14H28BClO2. The van der Waals surface area contributed by atoms with Gasteiger partial charge in [0.2, 0.25) is 0 Å². The van der Waals surface area contributed by atoms with Crippen LogP contribution in [0.1, 0.15) is 60.8 Å². The molecule has 0 aromatic rings. The zero-order chi connectivity index (χ0) is 14.0. The first-order valence-electron chi connectivity index (χ1n) is 7.20. The monoisotopic (exact) mass is 274 g/mol. The Balaban J connectivity index is 2.83. The third-order valence-corrected chi connectivity index (χ3v) is 4.94. The van der Waals surface area contributed by atoms with Crippen molar-refractivity contribution in [3.05, 3.63) is 0 Å². The van der Waals surface area contributed by atoms with Gasteiger partial charge in [-0.1, -0.05) is 26.7 Å². The first-order valence-corrected chi connectivity index (χ1v) is 7.74. The van der Waals surface area contributed by atoms with Gasteiger partial charge in [-0.05, 0) is 45.9 Å². The topological polar surface area (TPSA) is 18.5 Å². The molecule has 0 aliphatic carbocycles. The maximum Gasteiger partial charge on any atom is 0.461 e. The molecule has 0 aromatic carbocycles. The van der Waals surface area contributed by atoms with Crippen molar-refractivity contribution in [1.29, 1.82) is 0 Å². The largest absolute Gasteiger partial charge is 0.461 e. The number of hydrogen-bond donors (Lipinski definition) is 0. The molecule has 0 spiro atoms. The summed E-state index contributed by atoms with van der Waals surface area (Å²) < 4.78 is 12.4. The number of alkyl halides is 1. The molecule has 1 heterocycles. The molecule has 0 bridgehead atoms. The standard InChI is InChI=1S/C14H28BClO2/c1-7-11(8-2)12(9-10-16)15-17-13(3,4)14(5,6)18-15/h11-12H,7-10H2,1-6H3. The summed E-state index contributed by atoms with van der Waals surface area (Å²) in [5.41, 5.74) is -0.484. The molecule has 106 valence electrons. The summed E-state index contributed by atoms with van der Waals surface area (Å²) in [5, 5.41) is 0. The molecule has 4 heteroatoms. The van der Waals surface area contributed by atoms with Crippen LogP contribution < -0.4 is 0 Å². The number of rotatable bonds is 6. The van der Waals surface area contributed by atoms with Gasteiger partial charge >= 0.3 is 7.12 Å². The Labute approximate surface area is 118 Å². The van der Waals surface area contributed by atoms with Gasteiger partial charge in [0.15, 0.2) is 0 Å². The lowest BCUT2D eigenvalue weighted by Gasteiger charge is -2.32. The summed E-state index contributed by atoms with van der Waals surface area (Å²) in [4.78, 5) is 0. The molecule has 0 radical (unpaired) electrons. The second-order valence-corrected chi connectivity index (χ2v) is 6.72. The maximum absolute atomic E-state index is 6.18. The van der Waals surface area contributed by atoms with E-state index in [-0.39, 0.29) is 18.3 Å². The lowest BCUT2D eigenvalue weighted by atomic mass is 9.62. The Morgan fingerprint density at radius 1 is 1.00 bits per heavy atom. The van der Waals surface area contributed by atoms with Crippen LogP contribution in [0.25, 0.3) is 0 Å². The van der Waals surface area contributed by atoms with Gasteiger partial charge in [0.05, 0.1) is 11.2 Å². The molecule has 1 atom stereocenters. The number of hydrogen-bond acceptors (Lipinski definition) is 2. The highest BCUT2D eigenvalue weighted by Crippen LogP contribution is 2.44. The van der Waals surface area contributed by atoms with Crippen LogP contribution >= 0.6 is 11.6 Å². The smallest absolute Gasteiger partial charge is 0.403 e. The van der Waals surface area contributed by atoms with Gasteiger partial charge in [-0.2, -0.15) is 0 Å². The Kier molecular flexibility index (Phi) is 5.58.